The first-order chi connectivity index (χ1) is 15.2. The van der Waals surface area contributed by atoms with Gasteiger partial charge in [0.1, 0.15) is 10.6 Å². The number of para-hydroxylation sites is 1. The molecule has 1 aliphatic heterocycles. The number of carbonyl (C=O) groups excluding carboxylic acids is 2. The second-order valence-corrected chi connectivity index (χ2v) is 8.81. The molecule has 2 aromatic carbocycles. The summed E-state index contributed by atoms with van der Waals surface area (Å²) in [7, 11) is -4.27. The van der Waals surface area contributed by atoms with Crippen LogP contribution in [-0.4, -0.2) is 46.2 Å². The number of hydrogen-bond donors (Lipinski definition) is 1. The van der Waals surface area contributed by atoms with Crippen LogP contribution in [0.2, 0.25) is 0 Å². The van der Waals surface area contributed by atoms with Gasteiger partial charge in [0.2, 0.25) is 10.0 Å². The smallest absolute Gasteiger partial charge is 0.347 e. The lowest BCUT2D eigenvalue weighted by atomic mass is 10.1. The monoisotopic (exact) mass is 462 g/mol. The van der Waals surface area contributed by atoms with Crippen molar-refractivity contribution >= 4 is 27.6 Å². The van der Waals surface area contributed by atoms with Crippen molar-refractivity contribution in [3.63, 3.8) is 0 Å². The van der Waals surface area contributed by atoms with E-state index >= 15 is 0 Å². The van der Waals surface area contributed by atoms with E-state index in [-0.39, 0.29) is 22.8 Å². The molecule has 0 saturated carbocycles. The molecule has 1 fully saturated rings. The fraction of sp³-hybridized carbons (Fsp3) is 0.364. The van der Waals surface area contributed by atoms with Gasteiger partial charge in [-0.2, -0.15) is 0 Å². The highest BCUT2D eigenvalue weighted by Gasteiger charge is 2.29. The van der Waals surface area contributed by atoms with Gasteiger partial charge in [-0.1, -0.05) is 18.2 Å². The molecule has 9 nitrogen and oxygen atoms in total. The molecule has 3 rings (SSSR count). The van der Waals surface area contributed by atoms with Crippen LogP contribution in [0.15, 0.2) is 47.4 Å². The molecule has 0 aromatic heterocycles. The molecule has 10 heteroatoms. The van der Waals surface area contributed by atoms with E-state index in [9.17, 15) is 18.0 Å². The summed E-state index contributed by atoms with van der Waals surface area (Å²) in [5.41, 5.74) is 0.348. The van der Waals surface area contributed by atoms with Gasteiger partial charge in [-0.05, 0) is 51.0 Å². The number of hydrogen-bond acceptors (Lipinski definition) is 8. The summed E-state index contributed by atoms with van der Waals surface area (Å²) < 4.78 is 40.9. The SMILES string of the molecule is CCOC(=O)[C@H](C)OC(=O)c1cc(N2CCCC2)c(Oc2ccccc2)c(S(N)(=O)=O)c1. The van der Waals surface area contributed by atoms with E-state index in [1.54, 1.807) is 37.3 Å². The summed E-state index contributed by atoms with van der Waals surface area (Å²) in [5.74, 6) is -1.11. The molecule has 1 heterocycles. The number of rotatable bonds is 8. The molecular weight excluding hydrogens is 436 g/mol. The zero-order chi connectivity index (χ0) is 23.3. The zero-order valence-corrected chi connectivity index (χ0v) is 18.8. The lowest BCUT2D eigenvalue weighted by Crippen LogP contribution is -2.27. The number of nitrogens with two attached hydrogens (primary N) is 1. The summed E-state index contributed by atoms with van der Waals surface area (Å²) in [6.45, 7) is 4.48. The van der Waals surface area contributed by atoms with Gasteiger partial charge < -0.3 is 19.1 Å². The van der Waals surface area contributed by atoms with E-state index < -0.39 is 28.1 Å². The first kappa shape index (κ1) is 23.6. The predicted octanol–water partition coefficient (Wildman–Crippen LogP) is 2.83. The second kappa shape index (κ2) is 10.0. The molecule has 0 bridgehead atoms. The summed E-state index contributed by atoms with van der Waals surface area (Å²) in [6.07, 6.45) is 0.657. The predicted molar refractivity (Wildman–Crippen MR) is 117 cm³/mol. The van der Waals surface area contributed by atoms with Gasteiger partial charge in [-0.3, -0.25) is 0 Å². The van der Waals surface area contributed by atoms with Crippen LogP contribution >= 0.6 is 0 Å². The Morgan fingerprint density at radius 1 is 1.12 bits per heavy atom. The average molecular weight is 463 g/mol. The van der Waals surface area contributed by atoms with Gasteiger partial charge in [-0.25, -0.2) is 23.1 Å². The Kier molecular flexibility index (Phi) is 7.37. The summed E-state index contributed by atoms with van der Waals surface area (Å²) in [5, 5.41) is 5.48. The van der Waals surface area contributed by atoms with Crippen LogP contribution in [0.4, 0.5) is 5.69 Å². The molecular formula is C22H26N2O7S. The standard InChI is InChI=1S/C22H26N2O7S/c1-3-29-21(25)15(2)30-22(26)16-13-18(24-11-7-8-12-24)20(19(14-16)32(23,27)28)31-17-9-5-4-6-10-17/h4-6,9-10,13-15H,3,7-8,11-12H2,1-2H3,(H2,23,27,28)/t15-/m0/s1. The minimum Gasteiger partial charge on any atom is -0.463 e. The molecule has 0 aliphatic carbocycles. The van der Waals surface area contributed by atoms with Crippen LogP contribution in [0.1, 0.15) is 37.0 Å². The van der Waals surface area contributed by atoms with E-state index in [1.807, 2.05) is 4.90 Å². The Morgan fingerprint density at radius 3 is 2.38 bits per heavy atom. The Morgan fingerprint density at radius 2 is 1.78 bits per heavy atom. The van der Waals surface area contributed by atoms with Crippen LogP contribution in [0.3, 0.4) is 0 Å². The third-order valence-corrected chi connectivity index (χ3v) is 5.81. The molecule has 1 saturated heterocycles. The highest BCUT2D eigenvalue weighted by molar-refractivity contribution is 7.89. The van der Waals surface area contributed by atoms with Crippen LogP contribution in [0.5, 0.6) is 11.5 Å². The number of anilines is 1. The average Bonchev–Trinajstić information content (AvgIpc) is 3.28. The summed E-state index contributed by atoms with van der Waals surface area (Å²) >= 11 is 0. The third-order valence-electron chi connectivity index (χ3n) is 4.89. The number of sulfonamides is 1. The number of carbonyl (C=O) groups is 2. The molecule has 32 heavy (non-hydrogen) atoms. The molecule has 2 aromatic rings. The maximum absolute atomic E-state index is 12.8. The van der Waals surface area contributed by atoms with Gasteiger partial charge in [0.25, 0.3) is 0 Å². The molecule has 2 N–H and O–H groups in total. The minimum absolute atomic E-state index is 0.0376. The molecule has 0 amide bonds. The highest BCUT2D eigenvalue weighted by atomic mass is 32.2. The van der Waals surface area contributed by atoms with Crippen molar-refractivity contribution in [2.24, 2.45) is 5.14 Å². The van der Waals surface area contributed by atoms with Crippen molar-refractivity contribution in [1.82, 2.24) is 0 Å². The maximum Gasteiger partial charge on any atom is 0.347 e. The van der Waals surface area contributed by atoms with Gasteiger partial charge in [0, 0.05) is 13.1 Å². The van der Waals surface area contributed by atoms with Gasteiger partial charge >= 0.3 is 11.9 Å². The van der Waals surface area contributed by atoms with Crippen molar-refractivity contribution in [3.05, 3.63) is 48.0 Å². The Hall–Kier alpha value is -3.11. The van der Waals surface area contributed by atoms with Crippen molar-refractivity contribution in [2.45, 2.75) is 37.7 Å². The van der Waals surface area contributed by atoms with Crippen LogP contribution in [-0.2, 0) is 24.3 Å². The van der Waals surface area contributed by atoms with E-state index in [0.717, 1.165) is 18.9 Å². The van der Waals surface area contributed by atoms with E-state index in [1.165, 1.54) is 13.0 Å². The van der Waals surface area contributed by atoms with Crippen LogP contribution in [0.25, 0.3) is 0 Å². The van der Waals surface area contributed by atoms with E-state index in [4.69, 9.17) is 19.3 Å². The van der Waals surface area contributed by atoms with Gasteiger partial charge in [-0.15, -0.1) is 0 Å². The van der Waals surface area contributed by atoms with E-state index in [2.05, 4.69) is 0 Å². The topological polar surface area (TPSA) is 125 Å². The number of benzene rings is 2. The Bertz CT molecular complexity index is 1080. The molecule has 1 aliphatic rings. The van der Waals surface area contributed by atoms with Crippen molar-refractivity contribution in [2.75, 3.05) is 24.6 Å². The quantitative estimate of drug-likeness (QED) is 0.594. The molecule has 1 atom stereocenters. The molecule has 0 unspecified atom stereocenters. The number of esters is 2. The first-order valence-corrected chi connectivity index (χ1v) is 11.8. The van der Waals surface area contributed by atoms with Gasteiger partial charge in [0.05, 0.1) is 17.9 Å². The lowest BCUT2D eigenvalue weighted by molar-refractivity contribution is -0.152. The lowest BCUT2D eigenvalue weighted by Gasteiger charge is -2.24. The zero-order valence-electron chi connectivity index (χ0n) is 17.9. The van der Waals surface area contributed by atoms with Gasteiger partial charge in [0.15, 0.2) is 11.9 Å². The summed E-state index contributed by atoms with van der Waals surface area (Å²) in [6, 6.07) is 11.3. The van der Waals surface area contributed by atoms with Crippen molar-refractivity contribution in [3.8, 4) is 11.5 Å². The van der Waals surface area contributed by atoms with Crippen molar-refractivity contribution in [1.29, 1.82) is 0 Å². The van der Waals surface area contributed by atoms with Crippen LogP contribution in [0, 0.1) is 0 Å². The molecule has 172 valence electrons. The fourth-order valence-electron chi connectivity index (χ4n) is 3.35. The minimum atomic E-state index is -4.27. The van der Waals surface area contributed by atoms with Crippen molar-refractivity contribution < 1.29 is 32.2 Å². The highest BCUT2D eigenvalue weighted by Crippen LogP contribution is 2.40. The number of nitrogens with zero attached hydrogens (tertiary/aromatic N) is 1. The molecule has 0 spiro atoms. The molecule has 0 radical (unpaired) electrons. The normalized spacial score (nSPS) is 14.7. The van der Waals surface area contributed by atoms with E-state index in [0.29, 0.717) is 24.5 Å². The first-order valence-electron chi connectivity index (χ1n) is 10.3. The van der Waals surface area contributed by atoms with Crippen LogP contribution < -0.4 is 14.8 Å². The number of primary sulfonamides is 1. The Balaban J connectivity index is 2.07. The number of ether oxygens (including phenoxy) is 3. The largest absolute Gasteiger partial charge is 0.463 e. The maximum atomic E-state index is 12.8. The Labute approximate surface area is 187 Å². The third kappa shape index (κ3) is 5.57. The fourth-order valence-corrected chi connectivity index (χ4v) is 4.05. The second-order valence-electron chi connectivity index (χ2n) is 7.28. The summed E-state index contributed by atoms with van der Waals surface area (Å²) in [4.78, 5) is 26.2.